The van der Waals surface area contributed by atoms with Gasteiger partial charge in [-0.2, -0.15) is 0 Å². The summed E-state index contributed by atoms with van der Waals surface area (Å²) in [5.74, 6) is -0.370. The molecule has 1 aliphatic rings. The molecule has 1 heterocycles. The van der Waals surface area contributed by atoms with Gasteiger partial charge in [-0.15, -0.1) is 0 Å². The second-order valence-corrected chi connectivity index (χ2v) is 4.79. The van der Waals surface area contributed by atoms with Crippen LogP contribution in [0.2, 0.25) is 0 Å². The summed E-state index contributed by atoms with van der Waals surface area (Å²) < 4.78 is 5.31. The Bertz CT molecular complexity index is 487. The number of benzene rings is 1. The fourth-order valence-electron chi connectivity index (χ4n) is 2.17. The minimum Gasteiger partial charge on any atom is -0.379 e. The van der Waals surface area contributed by atoms with Gasteiger partial charge in [0.1, 0.15) is 0 Å². The van der Waals surface area contributed by atoms with Crippen molar-refractivity contribution in [3.8, 4) is 0 Å². The monoisotopic (exact) mass is 277 g/mol. The molecule has 3 N–H and O–H groups in total. The van der Waals surface area contributed by atoms with E-state index in [-0.39, 0.29) is 23.8 Å². The van der Waals surface area contributed by atoms with Gasteiger partial charge >= 0.3 is 0 Å². The number of carbonyl (C=O) groups excluding carboxylic acids is 2. The molecule has 1 aliphatic heterocycles. The maximum atomic E-state index is 12.1. The second-order valence-electron chi connectivity index (χ2n) is 4.79. The third-order valence-corrected chi connectivity index (χ3v) is 3.26. The Morgan fingerprint density at radius 3 is 2.25 bits per heavy atom. The van der Waals surface area contributed by atoms with E-state index < -0.39 is 0 Å². The van der Waals surface area contributed by atoms with Gasteiger partial charge in [0.15, 0.2) is 0 Å². The summed E-state index contributed by atoms with van der Waals surface area (Å²) in [6.07, 6.45) is 0. The molecule has 1 aromatic rings. The summed E-state index contributed by atoms with van der Waals surface area (Å²) in [6, 6.07) is 7.06. The molecule has 0 saturated carbocycles. The van der Waals surface area contributed by atoms with Crippen LogP contribution < -0.4 is 16.0 Å². The van der Waals surface area contributed by atoms with Crippen LogP contribution in [0.15, 0.2) is 24.3 Å². The van der Waals surface area contributed by atoms with Crippen LogP contribution in [0.4, 0.5) is 11.4 Å². The van der Waals surface area contributed by atoms with Crippen molar-refractivity contribution in [3.63, 3.8) is 0 Å². The average molecular weight is 277 g/mol. The Morgan fingerprint density at radius 2 is 1.70 bits per heavy atom. The molecule has 2 atom stereocenters. The Labute approximate surface area is 117 Å². The highest BCUT2D eigenvalue weighted by atomic mass is 16.5. The molecule has 0 bridgehead atoms. The van der Waals surface area contributed by atoms with Gasteiger partial charge in [0.05, 0.1) is 19.1 Å². The Balaban J connectivity index is 1.95. The Morgan fingerprint density at radius 1 is 1.10 bits per heavy atom. The zero-order chi connectivity index (χ0) is 14.5. The molecule has 108 valence electrons. The maximum absolute atomic E-state index is 12.1. The highest BCUT2D eigenvalue weighted by Gasteiger charge is 2.32. The van der Waals surface area contributed by atoms with E-state index in [0.29, 0.717) is 24.6 Å². The number of likely N-dealkylation sites (N-methyl/N-ethyl adjacent to an activating group) is 1. The fourth-order valence-corrected chi connectivity index (χ4v) is 2.17. The molecule has 2 amide bonds. The van der Waals surface area contributed by atoms with Crippen molar-refractivity contribution >= 4 is 23.2 Å². The number of anilines is 2. The van der Waals surface area contributed by atoms with Crippen molar-refractivity contribution in [1.82, 2.24) is 5.32 Å². The van der Waals surface area contributed by atoms with E-state index in [1.165, 1.54) is 6.92 Å². The molecule has 2 rings (SSSR count). The lowest BCUT2D eigenvalue weighted by molar-refractivity contribution is -0.120. The molecule has 1 fully saturated rings. The molecule has 0 spiro atoms. The van der Waals surface area contributed by atoms with Gasteiger partial charge in [0, 0.05) is 24.3 Å². The van der Waals surface area contributed by atoms with Crippen LogP contribution in [0.1, 0.15) is 6.92 Å². The zero-order valence-corrected chi connectivity index (χ0v) is 11.6. The molecule has 6 heteroatoms. The highest BCUT2D eigenvalue weighted by Crippen LogP contribution is 2.18. The van der Waals surface area contributed by atoms with E-state index in [1.54, 1.807) is 24.3 Å². The fraction of sp³-hybridized carbons (Fsp3) is 0.429. The van der Waals surface area contributed by atoms with E-state index in [0.717, 1.165) is 0 Å². The van der Waals surface area contributed by atoms with Crippen LogP contribution in [0.25, 0.3) is 0 Å². The predicted octanol–water partition coefficient (Wildman–Crippen LogP) is 0.818. The molecular formula is C14H19N3O3. The third kappa shape index (κ3) is 3.55. The maximum Gasteiger partial charge on any atom is 0.231 e. The lowest BCUT2D eigenvalue weighted by atomic mass is 10.0. The van der Waals surface area contributed by atoms with Crippen LogP contribution >= 0.6 is 0 Å². The lowest BCUT2D eigenvalue weighted by Gasteiger charge is -2.16. The van der Waals surface area contributed by atoms with Crippen molar-refractivity contribution in [1.29, 1.82) is 0 Å². The van der Waals surface area contributed by atoms with E-state index in [1.807, 2.05) is 7.05 Å². The van der Waals surface area contributed by atoms with Crippen LogP contribution in [-0.2, 0) is 14.3 Å². The number of hydrogen-bond donors (Lipinski definition) is 3. The smallest absolute Gasteiger partial charge is 0.231 e. The molecule has 0 aromatic heterocycles. The zero-order valence-electron chi connectivity index (χ0n) is 11.6. The summed E-state index contributed by atoms with van der Waals surface area (Å²) >= 11 is 0. The van der Waals surface area contributed by atoms with Crippen LogP contribution in [0.5, 0.6) is 0 Å². The van der Waals surface area contributed by atoms with Crippen molar-refractivity contribution < 1.29 is 14.3 Å². The van der Waals surface area contributed by atoms with E-state index in [4.69, 9.17) is 4.74 Å². The minimum atomic E-state index is -0.185. The summed E-state index contributed by atoms with van der Waals surface area (Å²) in [6.45, 7) is 2.44. The number of carbonyl (C=O) groups is 2. The molecule has 2 unspecified atom stereocenters. The Hall–Kier alpha value is -1.92. The molecule has 20 heavy (non-hydrogen) atoms. The van der Waals surface area contributed by atoms with Crippen molar-refractivity contribution in [3.05, 3.63) is 24.3 Å². The first-order chi connectivity index (χ1) is 9.60. The normalized spacial score (nSPS) is 21.5. The second kappa shape index (κ2) is 6.49. The molecular weight excluding hydrogens is 258 g/mol. The third-order valence-electron chi connectivity index (χ3n) is 3.26. The van der Waals surface area contributed by atoms with Gasteiger partial charge in [0.2, 0.25) is 11.8 Å². The van der Waals surface area contributed by atoms with Gasteiger partial charge in [-0.1, -0.05) is 0 Å². The first kappa shape index (κ1) is 14.5. The summed E-state index contributed by atoms with van der Waals surface area (Å²) in [4.78, 5) is 23.1. The number of ether oxygens (including phenoxy) is 1. The summed E-state index contributed by atoms with van der Waals surface area (Å²) in [5.41, 5.74) is 1.40. The number of amides is 2. The Kier molecular flexibility index (Phi) is 4.70. The first-order valence-electron chi connectivity index (χ1n) is 6.53. The van der Waals surface area contributed by atoms with Crippen LogP contribution in [-0.4, -0.2) is 38.1 Å². The van der Waals surface area contributed by atoms with Gasteiger partial charge < -0.3 is 20.7 Å². The number of hydrogen-bond acceptors (Lipinski definition) is 4. The van der Waals surface area contributed by atoms with Crippen molar-refractivity contribution in [2.75, 3.05) is 30.9 Å². The van der Waals surface area contributed by atoms with E-state index >= 15 is 0 Å². The summed E-state index contributed by atoms with van der Waals surface area (Å²) in [5, 5.41) is 8.61. The van der Waals surface area contributed by atoms with Gasteiger partial charge in [-0.05, 0) is 31.3 Å². The number of rotatable bonds is 4. The molecule has 0 radical (unpaired) electrons. The highest BCUT2D eigenvalue weighted by molar-refractivity contribution is 5.94. The largest absolute Gasteiger partial charge is 0.379 e. The topological polar surface area (TPSA) is 79.5 Å². The predicted molar refractivity (Wildman–Crippen MR) is 76.5 cm³/mol. The standard InChI is InChI=1S/C14H19N3O3/c1-9(18)16-10-3-5-11(6-4-10)17-14(19)12-7-20-8-13(12)15-2/h3-6,12-13,15H,7-8H2,1-2H3,(H,16,18)(H,17,19). The molecule has 6 nitrogen and oxygen atoms in total. The average Bonchev–Trinajstić information content (AvgIpc) is 2.89. The summed E-state index contributed by atoms with van der Waals surface area (Å²) in [7, 11) is 1.82. The molecule has 0 aliphatic carbocycles. The van der Waals surface area contributed by atoms with Crippen molar-refractivity contribution in [2.24, 2.45) is 5.92 Å². The molecule has 1 saturated heterocycles. The van der Waals surface area contributed by atoms with Gasteiger partial charge in [0.25, 0.3) is 0 Å². The molecule has 1 aromatic carbocycles. The van der Waals surface area contributed by atoms with E-state index in [9.17, 15) is 9.59 Å². The van der Waals surface area contributed by atoms with Gasteiger partial charge in [-0.25, -0.2) is 0 Å². The van der Waals surface area contributed by atoms with Crippen LogP contribution in [0, 0.1) is 5.92 Å². The van der Waals surface area contributed by atoms with Gasteiger partial charge in [-0.3, -0.25) is 9.59 Å². The first-order valence-corrected chi connectivity index (χ1v) is 6.53. The quantitative estimate of drug-likeness (QED) is 0.761. The van der Waals surface area contributed by atoms with E-state index in [2.05, 4.69) is 16.0 Å². The SMILES string of the molecule is CNC1COCC1C(=O)Nc1ccc(NC(C)=O)cc1. The lowest BCUT2D eigenvalue weighted by Crippen LogP contribution is -2.39. The van der Waals surface area contributed by atoms with Crippen molar-refractivity contribution in [2.45, 2.75) is 13.0 Å². The van der Waals surface area contributed by atoms with Crippen LogP contribution in [0.3, 0.4) is 0 Å². The number of nitrogens with one attached hydrogen (secondary N) is 3. The minimum absolute atomic E-state index is 0.0497.